The number of aryl methyl sites for hydroxylation is 1. The molecule has 1 aliphatic heterocycles. The first-order valence-corrected chi connectivity index (χ1v) is 7.81. The van der Waals surface area contributed by atoms with E-state index >= 15 is 0 Å². The summed E-state index contributed by atoms with van der Waals surface area (Å²) in [7, 11) is 0. The van der Waals surface area contributed by atoms with Gasteiger partial charge in [-0.1, -0.05) is 0 Å². The van der Waals surface area contributed by atoms with Crippen molar-refractivity contribution < 1.29 is 15.0 Å². The van der Waals surface area contributed by atoms with E-state index in [4.69, 9.17) is 5.11 Å². The highest BCUT2D eigenvalue weighted by atomic mass is 16.4. The minimum Gasteiger partial charge on any atom is -0.478 e. The maximum atomic E-state index is 11.2. The van der Waals surface area contributed by atoms with Crippen LogP contribution in [0.25, 0.3) is 10.9 Å². The van der Waals surface area contributed by atoms with Crippen LogP contribution in [0.2, 0.25) is 0 Å². The molecular weight excluding hydrogens is 294 g/mol. The maximum absolute atomic E-state index is 11.2. The van der Waals surface area contributed by atoms with Crippen LogP contribution in [0.15, 0.2) is 24.3 Å². The number of piperazine rings is 1. The molecule has 23 heavy (non-hydrogen) atoms. The Morgan fingerprint density at radius 3 is 2.61 bits per heavy atom. The molecule has 0 amide bonds. The summed E-state index contributed by atoms with van der Waals surface area (Å²) >= 11 is 0. The molecular formula is C17H21N3O3. The smallest absolute Gasteiger partial charge is 0.335 e. The number of nitrogens with zero attached hydrogens (tertiary/aromatic N) is 3. The molecule has 2 aromatic rings. The number of β-amino-alcohol motifs (C(OH)–C–C–N with tert-alkyl or cyclic N) is 1. The summed E-state index contributed by atoms with van der Waals surface area (Å²) in [5, 5.41) is 19.2. The maximum Gasteiger partial charge on any atom is 0.335 e. The van der Waals surface area contributed by atoms with Crippen molar-refractivity contribution in [2.75, 3.05) is 44.2 Å². The third-order valence-corrected chi connectivity index (χ3v) is 4.29. The van der Waals surface area contributed by atoms with Gasteiger partial charge in [0.25, 0.3) is 0 Å². The monoisotopic (exact) mass is 315 g/mol. The number of pyridine rings is 1. The molecule has 2 heterocycles. The van der Waals surface area contributed by atoms with Crippen molar-refractivity contribution in [3.63, 3.8) is 0 Å². The van der Waals surface area contributed by atoms with Gasteiger partial charge in [0.1, 0.15) is 0 Å². The normalized spacial score (nSPS) is 16.0. The zero-order chi connectivity index (χ0) is 16.4. The fourth-order valence-electron chi connectivity index (χ4n) is 3.09. The SMILES string of the molecule is Cc1cc(N2CCN(CCO)CC2)c2cc(C(=O)O)ccc2n1. The van der Waals surface area contributed by atoms with Crippen LogP contribution >= 0.6 is 0 Å². The lowest BCUT2D eigenvalue weighted by atomic mass is 10.1. The standard InChI is InChI=1S/C17H21N3O3/c1-12-10-16(20-6-4-19(5-7-20)8-9-21)14-11-13(17(22)23)2-3-15(14)18-12/h2-3,10-11,21H,4-9H2,1H3,(H,22,23). The second kappa shape index (κ2) is 6.52. The van der Waals surface area contributed by atoms with Gasteiger partial charge in [0.15, 0.2) is 0 Å². The molecule has 1 fully saturated rings. The summed E-state index contributed by atoms with van der Waals surface area (Å²) in [5.74, 6) is -0.925. The third kappa shape index (κ3) is 3.28. The van der Waals surface area contributed by atoms with Crippen LogP contribution < -0.4 is 4.90 Å². The number of carbonyl (C=O) groups is 1. The van der Waals surface area contributed by atoms with E-state index in [1.807, 2.05) is 13.0 Å². The van der Waals surface area contributed by atoms with E-state index in [0.717, 1.165) is 48.5 Å². The Kier molecular flexibility index (Phi) is 4.45. The Balaban J connectivity index is 1.96. The first-order chi connectivity index (χ1) is 11.1. The number of carboxylic acid groups (broad SMARTS) is 1. The van der Waals surface area contributed by atoms with Crippen LogP contribution in [0.5, 0.6) is 0 Å². The largest absolute Gasteiger partial charge is 0.478 e. The molecule has 1 saturated heterocycles. The zero-order valence-corrected chi connectivity index (χ0v) is 13.2. The fraction of sp³-hybridized carbons (Fsp3) is 0.412. The molecule has 0 aliphatic carbocycles. The van der Waals surface area contributed by atoms with Crippen LogP contribution in [0.1, 0.15) is 16.1 Å². The van der Waals surface area contributed by atoms with Crippen molar-refractivity contribution in [3.05, 3.63) is 35.5 Å². The van der Waals surface area contributed by atoms with Crippen LogP contribution in [0.3, 0.4) is 0 Å². The predicted octanol–water partition coefficient (Wildman–Crippen LogP) is 1.36. The van der Waals surface area contributed by atoms with Crippen LogP contribution in [0.4, 0.5) is 5.69 Å². The number of rotatable bonds is 4. The van der Waals surface area contributed by atoms with E-state index in [2.05, 4.69) is 14.8 Å². The van der Waals surface area contributed by atoms with Gasteiger partial charge in [-0.15, -0.1) is 0 Å². The molecule has 1 aliphatic rings. The average Bonchev–Trinajstić information content (AvgIpc) is 2.54. The lowest BCUT2D eigenvalue weighted by molar-refractivity contribution is 0.0697. The van der Waals surface area contributed by atoms with Crippen molar-refractivity contribution in [1.29, 1.82) is 0 Å². The predicted molar refractivity (Wildman–Crippen MR) is 89.2 cm³/mol. The number of hydrogen-bond donors (Lipinski definition) is 2. The Morgan fingerprint density at radius 1 is 1.22 bits per heavy atom. The van der Waals surface area contributed by atoms with E-state index in [0.29, 0.717) is 6.54 Å². The van der Waals surface area contributed by atoms with Gasteiger partial charge < -0.3 is 15.1 Å². The number of carboxylic acids is 1. The number of aromatic carboxylic acids is 1. The minimum absolute atomic E-state index is 0.180. The third-order valence-electron chi connectivity index (χ3n) is 4.29. The first kappa shape index (κ1) is 15.7. The average molecular weight is 315 g/mol. The highest BCUT2D eigenvalue weighted by Gasteiger charge is 2.19. The Hall–Kier alpha value is -2.18. The molecule has 6 nitrogen and oxygen atoms in total. The van der Waals surface area contributed by atoms with Gasteiger partial charge in [-0.3, -0.25) is 9.88 Å². The van der Waals surface area contributed by atoms with Gasteiger partial charge in [-0.25, -0.2) is 4.79 Å². The number of hydrogen-bond acceptors (Lipinski definition) is 5. The van der Waals surface area contributed by atoms with Gasteiger partial charge in [-0.2, -0.15) is 0 Å². The molecule has 0 spiro atoms. The van der Waals surface area contributed by atoms with Crippen molar-refractivity contribution in [3.8, 4) is 0 Å². The number of aliphatic hydroxyl groups excluding tert-OH is 1. The van der Waals surface area contributed by atoms with E-state index in [1.54, 1.807) is 18.2 Å². The Labute approximate surface area is 135 Å². The molecule has 1 aromatic heterocycles. The Bertz CT molecular complexity index is 724. The minimum atomic E-state index is -0.925. The quantitative estimate of drug-likeness (QED) is 0.887. The summed E-state index contributed by atoms with van der Waals surface area (Å²) in [4.78, 5) is 20.3. The molecule has 0 bridgehead atoms. The van der Waals surface area contributed by atoms with Gasteiger partial charge in [0, 0.05) is 49.5 Å². The summed E-state index contributed by atoms with van der Waals surface area (Å²) in [6, 6.07) is 7.10. The van der Waals surface area contributed by atoms with Crippen molar-refractivity contribution in [2.45, 2.75) is 6.92 Å². The topological polar surface area (TPSA) is 76.9 Å². The van der Waals surface area contributed by atoms with E-state index in [1.165, 1.54) is 0 Å². The molecule has 0 radical (unpaired) electrons. The molecule has 0 unspecified atom stereocenters. The summed E-state index contributed by atoms with van der Waals surface area (Å²) in [6.07, 6.45) is 0. The summed E-state index contributed by atoms with van der Waals surface area (Å²) < 4.78 is 0. The molecule has 6 heteroatoms. The van der Waals surface area contributed by atoms with Gasteiger partial charge >= 0.3 is 5.97 Å². The molecule has 0 atom stereocenters. The van der Waals surface area contributed by atoms with E-state index in [9.17, 15) is 9.90 Å². The van der Waals surface area contributed by atoms with E-state index in [-0.39, 0.29) is 12.2 Å². The number of benzene rings is 1. The molecule has 1 aromatic carbocycles. The lowest BCUT2D eigenvalue weighted by Gasteiger charge is -2.36. The first-order valence-electron chi connectivity index (χ1n) is 7.81. The fourth-order valence-corrected chi connectivity index (χ4v) is 3.09. The van der Waals surface area contributed by atoms with Crippen LogP contribution in [-0.2, 0) is 0 Å². The van der Waals surface area contributed by atoms with E-state index < -0.39 is 5.97 Å². The van der Waals surface area contributed by atoms with Crippen molar-refractivity contribution in [1.82, 2.24) is 9.88 Å². The van der Waals surface area contributed by atoms with Gasteiger partial charge in [0.2, 0.25) is 0 Å². The summed E-state index contributed by atoms with van der Waals surface area (Å²) in [6.45, 7) is 6.33. The number of aromatic nitrogens is 1. The zero-order valence-electron chi connectivity index (χ0n) is 13.2. The lowest BCUT2D eigenvalue weighted by Crippen LogP contribution is -2.47. The van der Waals surface area contributed by atoms with Crippen LogP contribution in [0, 0.1) is 6.92 Å². The van der Waals surface area contributed by atoms with Gasteiger partial charge in [-0.05, 0) is 31.2 Å². The highest BCUT2D eigenvalue weighted by Crippen LogP contribution is 2.28. The summed E-state index contributed by atoms with van der Waals surface area (Å²) in [5.41, 5.74) is 3.07. The molecule has 3 rings (SSSR count). The van der Waals surface area contributed by atoms with Crippen molar-refractivity contribution in [2.24, 2.45) is 0 Å². The second-order valence-corrected chi connectivity index (χ2v) is 5.87. The second-order valence-electron chi connectivity index (χ2n) is 5.87. The van der Waals surface area contributed by atoms with Crippen LogP contribution in [-0.4, -0.2) is 65.4 Å². The Morgan fingerprint density at radius 2 is 1.96 bits per heavy atom. The molecule has 2 N–H and O–H groups in total. The highest BCUT2D eigenvalue weighted by molar-refractivity contribution is 5.98. The van der Waals surface area contributed by atoms with Gasteiger partial charge in [0.05, 0.1) is 17.7 Å². The van der Waals surface area contributed by atoms with Crippen molar-refractivity contribution >= 4 is 22.6 Å². The molecule has 0 saturated carbocycles. The molecule has 122 valence electrons. The number of fused-ring (bicyclic) bond motifs is 1. The number of aliphatic hydroxyl groups is 1. The number of anilines is 1.